The van der Waals surface area contributed by atoms with Gasteiger partial charge in [-0.25, -0.2) is 9.59 Å². The number of ether oxygens (including phenoxy) is 2. The first-order valence-corrected chi connectivity index (χ1v) is 8.61. The Morgan fingerprint density at radius 2 is 2.08 bits per heavy atom. The standard InChI is InChI=1S/C16H23N3O7/c17-11-6-7-19(15(24)18-11)16(13(22)12(21)10(8-20)26-16)14(23)25-9-4-2-1-3-5-9/h6-7,9-10,12-13,20-22H,1-5,8H2,(H2,17,18,24)/t10-,12-,13-,16+/m1/s1. The summed E-state index contributed by atoms with van der Waals surface area (Å²) in [5.74, 6) is -1.09. The van der Waals surface area contributed by atoms with Crippen LogP contribution in [0.5, 0.6) is 0 Å². The molecule has 1 aromatic rings. The number of rotatable bonds is 4. The minimum atomic E-state index is -2.35. The Balaban J connectivity index is 2.01. The highest BCUT2D eigenvalue weighted by Gasteiger charge is 2.62. The van der Waals surface area contributed by atoms with Crippen molar-refractivity contribution in [2.75, 3.05) is 12.3 Å². The van der Waals surface area contributed by atoms with Gasteiger partial charge in [0.15, 0.2) is 0 Å². The molecule has 0 spiro atoms. The molecule has 1 aliphatic heterocycles. The molecule has 1 aliphatic carbocycles. The zero-order valence-electron chi connectivity index (χ0n) is 14.2. The number of nitrogens with zero attached hydrogens (tertiary/aromatic N) is 2. The van der Waals surface area contributed by atoms with E-state index in [1.807, 2.05) is 0 Å². The molecule has 2 fully saturated rings. The van der Waals surface area contributed by atoms with Gasteiger partial charge in [0, 0.05) is 6.20 Å². The Morgan fingerprint density at radius 1 is 1.38 bits per heavy atom. The zero-order valence-corrected chi connectivity index (χ0v) is 14.2. The summed E-state index contributed by atoms with van der Waals surface area (Å²) in [5, 5.41) is 30.1. The molecule has 0 aromatic carbocycles. The molecule has 1 saturated carbocycles. The average molecular weight is 369 g/mol. The third-order valence-corrected chi connectivity index (χ3v) is 4.92. The molecule has 2 aliphatic rings. The van der Waals surface area contributed by atoms with E-state index in [4.69, 9.17) is 15.2 Å². The largest absolute Gasteiger partial charge is 0.459 e. The second-order valence-corrected chi connectivity index (χ2v) is 6.64. The lowest BCUT2D eigenvalue weighted by atomic mass is 9.97. The number of nitrogens with two attached hydrogens (primary N) is 1. The molecule has 5 N–H and O–H groups in total. The van der Waals surface area contributed by atoms with Gasteiger partial charge in [0.05, 0.1) is 6.61 Å². The summed E-state index contributed by atoms with van der Waals surface area (Å²) < 4.78 is 11.7. The van der Waals surface area contributed by atoms with Crippen LogP contribution in [0.1, 0.15) is 32.1 Å². The fourth-order valence-corrected chi connectivity index (χ4v) is 3.50. The van der Waals surface area contributed by atoms with Gasteiger partial charge in [0.2, 0.25) is 0 Å². The van der Waals surface area contributed by atoms with Crippen LogP contribution < -0.4 is 11.4 Å². The zero-order chi connectivity index (χ0) is 18.9. The number of aliphatic hydroxyl groups is 3. The second-order valence-electron chi connectivity index (χ2n) is 6.64. The quantitative estimate of drug-likeness (QED) is 0.462. The average Bonchev–Trinajstić information content (AvgIpc) is 2.88. The van der Waals surface area contributed by atoms with Gasteiger partial charge in [0.1, 0.15) is 30.2 Å². The molecule has 1 saturated heterocycles. The van der Waals surface area contributed by atoms with Crippen molar-refractivity contribution in [3.8, 4) is 0 Å². The van der Waals surface area contributed by atoms with Crippen molar-refractivity contribution in [3.63, 3.8) is 0 Å². The molecule has 2 heterocycles. The Labute approximate surface area is 149 Å². The molecule has 26 heavy (non-hydrogen) atoms. The molecule has 0 bridgehead atoms. The first-order valence-electron chi connectivity index (χ1n) is 8.61. The molecule has 10 nitrogen and oxygen atoms in total. The predicted octanol–water partition coefficient (Wildman–Crippen LogP) is -1.53. The van der Waals surface area contributed by atoms with E-state index in [0.29, 0.717) is 12.8 Å². The second kappa shape index (κ2) is 7.31. The summed E-state index contributed by atoms with van der Waals surface area (Å²) in [6, 6.07) is 1.26. The van der Waals surface area contributed by atoms with E-state index in [1.54, 1.807) is 0 Å². The fourth-order valence-electron chi connectivity index (χ4n) is 3.50. The van der Waals surface area contributed by atoms with Gasteiger partial charge in [-0.2, -0.15) is 4.98 Å². The Morgan fingerprint density at radius 3 is 2.65 bits per heavy atom. The molecule has 3 rings (SSSR count). The Bertz CT molecular complexity index is 718. The lowest BCUT2D eigenvalue weighted by Crippen LogP contribution is -2.57. The normalized spacial score (nSPS) is 32.5. The number of carbonyl (C=O) groups is 1. The minimum absolute atomic E-state index is 0.0752. The number of anilines is 1. The van der Waals surface area contributed by atoms with Gasteiger partial charge in [-0.05, 0) is 31.7 Å². The number of aromatic nitrogens is 2. The van der Waals surface area contributed by atoms with E-state index < -0.39 is 42.3 Å². The molecule has 144 valence electrons. The number of esters is 1. The highest BCUT2D eigenvalue weighted by Crippen LogP contribution is 2.37. The van der Waals surface area contributed by atoms with E-state index in [2.05, 4.69) is 4.98 Å². The van der Waals surface area contributed by atoms with Crippen LogP contribution in [0.3, 0.4) is 0 Å². The minimum Gasteiger partial charge on any atom is -0.459 e. The van der Waals surface area contributed by atoms with Gasteiger partial charge in [0.25, 0.3) is 5.72 Å². The third kappa shape index (κ3) is 3.09. The van der Waals surface area contributed by atoms with Gasteiger partial charge in [-0.1, -0.05) is 6.42 Å². The Kier molecular flexibility index (Phi) is 5.28. The molecular formula is C16H23N3O7. The van der Waals surface area contributed by atoms with Crippen LogP contribution in [0, 0.1) is 0 Å². The lowest BCUT2D eigenvalue weighted by molar-refractivity contribution is -0.208. The highest BCUT2D eigenvalue weighted by atomic mass is 16.6. The van der Waals surface area contributed by atoms with E-state index >= 15 is 0 Å². The van der Waals surface area contributed by atoms with Gasteiger partial charge in [-0.15, -0.1) is 0 Å². The van der Waals surface area contributed by atoms with Crippen LogP contribution in [0.4, 0.5) is 5.82 Å². The third-order valence-electron chi connectivity index (χ3n) is 4.92. The molecule has 1 aromatic heterocycles. The van der Waals surface area contributed by atoms with E-state index in [9.17, 15) is 24.9 Å². The van der Waals surface area contributed by atoms with Crippen LogP contribution in [0.25, 0.3) is 0 Å². The summed E-state index contributed by atoms with van der Waals surface area (Å²) in [5.41, 5.74) is 2.18. The van der Waals surface area contributed by atoms with Crippen molar-refractivity contribution < 1.29 is 29.6 Å². The molecule has 4 atom stereocenters. The van der Waals surface area contributed by atoms with E-state index in [1.165, 1.54) is 6.07 Å². The predicted molar refractivity (Wildman–Crippen MR) is 87.8 cm³/mol. The SMILES string of the molecule is Nc1ccn([C@]2(C(=O)OC3CCCCC3)O[C@H](CO)[C@@H](O)[C@H]2O)c(=O)n1. The number of hydrogen-bond donors (Lipinski definition) is 4. The van der Waals surface area contributed by atoms with Gasteiger partial charge < -0.3 is 30.5 Å². The first-order chi connectivity index (χ1) is 12.4. The van der Waals surface area contributed by atoms with Gasteiger partial charge in [-0.3, -0.25) is 4.57 Å². The summed E-state index contributed by atoms with van der Waals surface area (Å²) in [6.07, 6.45) is 0.256. The number of hydrogen-bond acceptors (Lipinski definition) is 9. The summed E-state index contributed by atoms with van der Waals surface area (Å²) in [6.45, 7) is -0.659. The monoisotopic (exact) mass is 369 g/mol. The summed E-state index contributed by atoms with van der Waals surface area (Å²) in [4.78, 5) is 28.8. The maximum atomic E-state index is 13.0. The smallest absolute Gasteiger partial charge is 0.363 e. The fraction of sp³-hybridized carbons (Fsp3) is 0.688. The van der Waals surface area contributed by atoms with E-state index in [0.717, 1.165) is 30.0 Å². The molecule has 0 unspecified atom stereocenters. The lowest BCUT2D eigenvalue weighted by Gasteiger charge is -2.33. The van der Waals surface area contributed by atoms with Crippen LogP contribution in [-0.4, -0.2) is 61.9 Å². The maximum Gasteiger partial charge on any atom is 0.363 e. The molecular weight excluding hydrogens is 346 g/mol. The highest BCUT2D eigenvalue weighted by molar-refractivity contribution is 5.79. The van der Waals surface area contributed by atoms with E-state index in [-0.39, 0.29) is 11.9 Å². The number of nitrogen functional groups attached to an aromatic ring is 1. The summed E-state index contributed by atoms with van der Waals surface area (Å²) >= 11 is 0. The number of carbonyl (C=O) groups excluding carboxylic acids is 1. The van der Waals surface area contributed by atoms with Crippen molar-refractivity contribution >= 4 is 11.8 Å². The van der Waals surface area contributed by atoms with Crippen LogP contribution in [0.15, 0.2) is 17.1 Å². The van der Waals surface area contributed by atoms with Crippen LogP contribution in [-0.2, 0) is 20.0 Å². The topological polar surface area (TPSA) is 157 Å². The molecule has 0 radical (unpaired) electrons. The van der Waals surface area contributed by atoms with Crippen LogP contribution in [0.2, 0.25) is 0 Å². The molecule has 10 heteroatoms. The van der Waals surface area contributed by atoms with Crippen molar-refractivity contribution in [3.05, 3.63) is 22.7 Å². The maximum absolute atomic E-state index is 13.0. The van der Waals surface area contributed by atoms with Crippen molar-refractivity contribution in [1.29, 1.82) is 0 Å². The Hall–Kier alpha value is -2.01. The van der Waals surface area contributed by atoms with Crippen molar-refractivity contribution in [2.24, 2.45) is 0 Å². The first kappa shape index (κ1) is 18.8. The molecule has 0 amide bonds. The van der Waals surface area contributed by atoms with Crippen molar-refractivity contribution in [2.45, 2.75) is 62.2 Å². The van der Waals surface area contributed by atoms with Crippen LogP contribution >= 0.6 is 0 Å². The summed E-state index contributed by atoms with van der Waals surface area (Å²) in [7, 11) is 0. The van der Waals surface area contributed by atoms with Crippen molar-refractivity contribution in [1.82, 2.24) is 9.55 Å². The number of aliphatic hydroxyl groups excluding tert-OH is 3. The van der Waals surface area contributed by atoms with Gasteiger partial charge >= 0.3 is 11.7 Å².